The number of rotatable bonds is 3. The van der Waals surface area contributed by atoms with Gasteiger partial charge in [-0.15, -0.1) is 0 Å². The van der Waals surface area contributed by atoms with Crippen molar-refractivity contribution in [2.24, 2.45) is 5.73 Å². The van der Waals surface area contributed by atoms with Crippen molar-refractivity contribution in [2.45, 2.75) is 39.7 Å². The summed E-state index contributed by atoms with van der Waals surface area (Å²) in [6.45, 7) is 4.64. The SMILES string of the molecule is Cc1ccc(Oc2nc3c(cc2CN)CCC3)cc1C. The number of ether oxygens (including phenoxy) is 1. The maximum atomic E-state index is 5.97. The first-order valence-corrected chi connectivity index (χ1v) is 7.14. The van der Waals surface area contributed by atoms with Gasteiger partial charge in [-0.25, -0.2) is 4.98 Å². The summed E-state index contributed by atoms with van der Waals surface area (Å²) >= 11 is 0. The van der Waals surface area contributed by atoms with E-state index < -0.39 is 0 Å². The molecule has 1 aliphatic rings. The molecule has 2 N–H and O–H groups in total. The molecule has 0 radical (unpaired) electrons. The van der Waals surface area contributed by atoms with Crippen molar-refractivity contribution >= 4 is 0 Å². The summed E-state index contributed by atoms with van der Waals surface area (Å²) < 4.78 is 5.97. The van der Waals surface area contributed by atoms with Gasteiger partial charge >= 0.3 is 0 Å². The van der Waals surface area contributed by atoms with Crippen molar-refractivity contribution in [3.05, 3.63) is 52.2 Å². The fourth-order valence-electron chi connectivity index (χ4n) is 2.62. The lowest BCUT2D eigenvalue weighted by molar-refractivity contribution is 0.454. The summed E-state index contributed by atoms with van der Waals surface area (Å²) in [6.07, 6.45) is 3.34. The highest BCUT2D eigenvalue weighted by molar-refractivity contribution is 5.41. The summed E-state index contributed by atoms with van der Waals surface area (Å²) in [4.78, 5) is 4.67. The van der Waals surface area contributed by atoms with Crippen LogP contribution in [0, 0.1) is 13.8 Å². The van der Waals surface area contributed by atoms with Crippen LogP contribution >= 0.6 is 0 Å². The van der Waals surface area contributed by atoms with Gasteiger partial charge in [0.2, 0.25) is 5.88 Å². The van der Waals surface area contributed by atoms with Crippen LogP contribution in [0.25, 0.3) is 0 Å². The van der Waals surface area contributed by atoms with Crippen molar-refractivity contribution in [3.63, 3.8) is 0 Å². The Morgan fingerprint density at radius 2 is 2.00 bits per heavy atom. The molecule has 0 aliphatic heterocycles. The third kappa shape index (κ3) is 2.41. The van der Waals surface area contributed by atoms with E-state index in [4.69, 9.17) is 10.5 Å². The smallest absolute Gasteiger partial charge is 0.223 e. The van der Waals surface area contributed by atoms with Gasteiger partial charge in [0, 0.05) is 17.8 Å². The summed E-state index contributed by atoms with van der Waals surface area (Å²) in [6, 6.07) is 8.26. The van der Waals surface area contributed by atoms with Gasteiger partial charge in [0.05, 0.1) is 0 Å². The second kappa shape index (κ2) is 5.25. The fourth-order valence-corrected chi connectivity index (χ4v) is 2.62. The average Bonchev–Trinajstić information content (AvgIpc) is 2.89. The van der Waals surface area contributed by atoms with E-state index in [1.807, 2.05) is 12.1 Å². The van der Waals surface area contributed by atoms with Gasteiger partial charge in [-0.2, -0.15) is 0 Å². The molecular weight excluding hydrogens is 248 g/mol. The molecule has 3 nitrogen and oxygen atoms in total. The van der Waals surface area contributed by atoms with Crippen LogP contribution in [0.3, 0.4) is 0 Å². The minimum atomic E-state index is 0.459. The Morgan fingerprint density at radius 3 is 2.75 bits per heavy atom. The highest BCUT2D eigenvalue weighted by Crippen LogP contribution is 2.30. The Hall–Kier alpha value is -1.87. The summed E-state index contributed by atoms with van der Waals surface area (Å²) in [5, 5.41) is 0. The van der Waals surface area contributed by atoms with Crippen LogP contribution in [0.5, 0.6) is 11.6 Å². The summed E-state index contributed by atoms with van der Waals surface area (Å²) in [7, 11) is 0. The second-order valence-electron chi connectivity index (χ2n) is 5.46. The van der Waals surface area contributed by atoms with Crippen LogP contribution in [0.2, 0.25) is 0 Å². The van der Waals surface area contributed by atoms with Gasteiger partial charge < -0.3 is 10.5 Å². The van der Waals surface area contributed by atoms with Crippen LogP contribution in [0.15, 0.2) is 24.3 Å². The monoisotopic (exact) mass is 268 g/mol. The van der Waals surface area contributed by atoms with Gasteiger partial charge in [0.1, 0.15) is 5.75 Å². The number of hydrogen-bond acceptors (Lipinski definition) is 3. The van der Waals surface area contributed by atoms with Gasteiger partial charge in [-0.3, -0.25) is 0 Å². The third-order valence-electron chi connectivity index (χ3n) is 4.00. The Labute approximate surface area is 119 Å². The molecule has 104 valence electrons. The van der Waals surface area contributed by atoms with E-state index in [2.05, 4.69) is 31.0 Å². The normalized spacial score (nSPS) is 13.3. The molecule has 3 rings (SSSR count). The van der Waals surface area contributed by atoms with Crippen LogP contribution in [0.1, 0.15) is 34.4 Å². The lowest BCUT2D eigenvalue weighted by Crippen LogP contribution is -2.04. The van der Waals surface area contributed by atoms with Crippen molar-refractivity contribution in [1.29, 1.82) is 0 Å². The third-order valence-corrected chi connectivity index (χ3v) is 4.00. The molecule has 1 aromatic heterocycles. The number of pyridine rings is 1. The van der Waals surface area contributed by atoms with Gasteiger partial charge in [0.15, 0.2) is 0 Å². The van der Waals surface area contributed by atoms with E-state index in [0.717, 1.165) is 24.2 Å². The average molecular weight is 268 g/mol. The zero-order chi connectivity index (χ0) is 14.1. The largest absolute Gasteiger partial charge is 0.439 e. The molecule has 3 heteroatoms. The molecule has 1 heterocycles. The number of hydrogen-bond donors (Lipinski definition) is 1. The maximum Gasteiger partial charge on any atom is 0.223 e. The van der Waals surface area contributed by atoms with E-state index in [9.17, 15) is 0 Å². The zero-order valence-electron chi connectivity index (χ0n) is 12.1. The summed E-state index contributed by atoms with van der Waals surface area (Å²) in [5.74, 6) is 1.49. The topological polar surface area (TPSA) is 48.1 Å². The molecule has 1 aliphatic carbocycles. The van der Waals surface area contributed by atoms with Gasteiger partial charge in [-0.1, -0.05) is 6.07 Å². The Morgan fingerprint density at radius 1 is 1.15 bits per heavy atom. The quantitative estimate of drug-likeness (QED) is 0.927. The van der Waals surface area contributed by atoms with Crippen LogP contribution < -0.4 is 10.5 Å². The van der Waals surface area contributed by atoms with E-state index in [1.54, 1.807) is 0 Å². The first kappa shape index (κ1) is 13.1. The molecule has 0 bridgehead atoms. The van der Waals surface area contributed by atoms with Gasteiger partial charge in [0.25, 0.3) is 0 Å². The van der Waals surface area contributed by atoms with E-state index in [1.165, 1.54) is 28.8 Å². The van der Waals surface area contributed by atoms with Crippen LogP contribution in [0.4, 0.5) is 0 Å². The van der Waals surface area contributed by atoms with Crippen LogP contribution in [-0.4, -0.2) is 4.98 Å². The summed E-state index contributed by atoms with van der Waals surface area (Å²) in [5.41, 5.74) is 11.8. The minimum Gasteiger partial charge on any atom is -0.439 e. The molecule has 0 spiro atoms. The molecule has 20 heavy (non-hydrogen) atoms. The Bertz CT molecular complexity index is 650. The fraction of sp³-hybridized carbons (Fsp3) is 0.353. The molecule has 0 atom stereocenters. The molecule has 0 unspecified atom stereocenters. The van der Waals surface area contributed by atoms with E-state index >= 15 is 0 Å². The number of aromatic nitrogens is 1. The zero-order valence-corrected chi connectivity index (χ0v) is 12.1. The van der Waals surface area contributed by atoms with Gasteiger partial charge in [-0.05, 0) is 68.0 Å². The standard InChI is InChI=1S/C17H20N2O/c1-11-6-7-15(8-12(11)2)20-17-14(10-18)9-13-4-3-5-16(13)19-17/h6-9H,3-5,10,18H2,1-2H3. The van der Waals surface area contributed by atoms with Crippen molar-refractivity contribution in [3.8, 4) is 11.6 Å². The number of nitrogens with zero attached hydrogens (tertiary/aromatic N) is 1. The number of fused-ring (bicyclic) bond motifs is 1. The Balaban J connectivity index is 1.95. The number of aryl methyl sites for hydroxylation is 4. The second-order valence-corrected chi connectivity index (χ2v) is 5.46. The first-order valence-electron chi connectivity index (χ1n) is 7.14. The number of nitrogens with two attached hydrogens (primary N) is 1. The first-order chi connectivity index (χ1) is 9.67. The predicted molar refractivity (Wildman–Crippen MR) is 80.1 cm³/mol. The molecule has 0 fully saturated rings. The molecule has 1 aromatic carbocycles. The van der Waals surface area contributed by atoms with Crippen molar-refractivity contribution in [2.75, 3.05) is 0 Å². The highest BCUT2D eigenvalue weighted by atomic mass is 16.5. The molecule has 2 aromatic rings. The molecular formula is C17H20N2O. The molecule has 0 saturated heterocycles. The minimum absolute atomic E-state index is 0.459. The molecule has 0 amide bonds. The lowest BCUT2D eigenvalue weighted by Gasteiger charge is -2.12. The van der Waals surface area contributed by atoms with E-state index in [0.29, 0.717) is 12.4 Å². The number of benzene rings is 1. The van der Waals surface area contributed by atoms with Crippen LogP contribution in [-0.2, 0) is 19.4 Å². The molecule has 0 saturated carbocycles. The Kier molecular flexibility index (Phi) is 3.45. The lowest BCUT2D eigenvalue weighted by atomic mass is 10.1. The maximum absolute atomic E-state index is 5.97. The highest BCUT2D eigenvalue weighted by Gasteiger charge is 2.17. The van der Waals surface area contributed by atoms with E-state index in [-0.39, 0.29) is 0 Å². The van der Waals surface area contributed by atoms with Crippen molar-refractivity contribution in [1.82, 2.24) is 4.98 Å². The predicted octanol–water partition coefficient (Wildman–Crippen LogP) is 3.44. The van der Waals surface area contributed by atoms with Crippen molar-refractivity contribution < 1.29 is 4.74 Å².